The monoisotopic (exact) mass is 256 g/mol. The predicted molar refractivity (Wildman–Crippen MR) is 73.7 cm³/mol. The summed E-state index contributed by atoms with van der Waals surface area (Å²) in [7, 11) is 0. The van der Waals surface area contributed by atoms with Gasteiger partial charge in [0.1, 0.15) is 11.5 Å². The SMILES string of the molecule is Cc1ccccc1C(=O)CCOc1cccc(O)c1. The van der Waals surface area contributed by atoms with Crippen molar-refractivity contribution in [2.45, 2.75) is 13.3 Å². The van der Waals surface area contributed by atoms with Crippen molar-refractivity contribution < 1.29 is 14.6 Å². The molecule has 2 rings (SSSR count). The average Bonchev–Trinajstić information content (AvgIpc) is 2.39. The fraction of sp³-hybridized carbons (Fsp3) is 0.188. The molecule has 0 spiro atoms. The molecule has 0 unspecified atom stereocenters. The van der Waals surface area contributed by atoms with Crippen LogP contribution in [0, 0.1) is 6.92 Å². The normalized spacial score (nSPS) is 10.2. The number of rotatable bonds is 5. The second-order valence-electron chi connectivity index (χ2n) is 4.33. The summed E-state index contributed by atoms with van der Waals surface area (Å²) in [5, 5.41) is 9.29. The van der Waals surface area contributed by atoms with Crippen molar-refractivity contribution in [1.29, 1.82) is 0 Å². The molecule has 0 radical (unpaired) electrons. The van der Waals surface area contributed by atoms with Crippen LogP contribution in [0.3, 0.4) is 0 Å². The summed E-state index contributed by atoms with van der Waals surface area (Å²) < 4.78 is 5.44. The number of ketones is 1. The maximum atomic E-state index is 12.0. The summed E-state index contributed by atoms with van der Waals surface area (Å²) in [4.78, 5) is 12.0. The van der Waals surface area contributed by atoms with Crippen LogP contribution in [-0.2, 0) is 0 Å². The number of carbonyl (C=O) groups excluding carboxylic acids is 1. The molecule has 0 aliphatic rings. The molecule has 0 bridgehead atoms. The van der Waals surface area contributed by atoms with Crippen LogP contribution in [0.5, 0.6) is 11.5 Å². The molecule has 19 heavy (non-hydrogen) atoms. The van der Waals surface area contributed by atoms with E-state index in [4.69, 9.17) is 4.74 Å². The third-order valence-corrected chi connectivity index (χ3v) is 2.86. The van der Waals surface area contributed by atoms with E-state index >= 15 is 0 Å². The Hall–Kier alpha value is -2.29. The van der Waals surface area contributed by atoms with Gasteiger partial charge in [0, 0.05) is 18.1 Å². The summed E-state index contributed by atoms with van der Waals surface area (Å²) >= 11 is 0. The van der Waals surface area contributed by atoms with E-state index in [1.54, 1.807) is 18.2 Å². The molecule has 0 saturated carbocycles. The third-order valence-electron chi connectivity index (χ3n) is 2.86. The minimum absolute atomic E-state index is 0.0678. The quantitative estimate of drug-likeness (QED) is 0.834. The highest BCUT2D eigenvalue weighted by atomic mass is 16.5. The fourth-order valence-electron chi connectivity index (χ4n) is 1.86. The molecule has 0 fully saturated rings. The Balaban J connectivity index is 1.90. The van der Waals surface area contributed by atoms with E-state index in [0.29, 0.717) is 18.8 Å². The number of ether oxygens (including phenoxy) is 1. The van der Waals surface area contributed by atoms with Gasteiger partial charge >= 0.3 is 0 Å². The minimum atomic E-state index is 0.0678. The van der Waals surface area contributed by atoms with Gasteiger partial charge in [-0.05, 0) is 24.6 Å². The van der Waals surface area contributed by atoms with Crippen LogP contribution in [0.25, 0.3) is 0 Å². The van der Waals surface area contributed by atoms with Crippen molar-refractivity contribution >= 4 is 5.78 Å². The summed E-state index contributed by atoms with van der Waals surface area (Å²) in [6.45, 7) is 2.22. The lowest BCUT2D eigenvalue weighted by molar-refractivity contribution is 0.0961. The Morgan fingerprint density at radius 1 is 1.16 bits per heavy atom. The zero-order valence-corrected chi connectivity index (χ0v) is 10.8. The van der Waals surface area contributed by atoms with Crippen molar-refractivity contribution in [2.24, 2.45) is 0 Å². The summed E-state index contributed by atoms with van der Waals surface area (Å²) in [5.74, 6) is 0.790. The molecule has 98 valence electrons. The van der Waals surface area contributed by atoms with Gasteiger partial charge in [0.15, 0.2) is 5.78 Å². The van der Waals surface area contributed by atoms with Crippen molar-refractivity contribution in [3.63, 3.8) is 0 Å². The maximum Gasteiger partial charge on any atom is 0.166 e. The van der Waals surface area contributed by atoms with Crippen molar-refractivity contribution in [2.75, 3.05) is 6.61 Å². The molecule has 0 amide bonds. The highest BCUT2D eigenvalue weighted by Crippen LogP contribution is 2.18. The first-order valence-electron chi connectivity index (χ1n) is 6.17. The molecule has 3 heteroatoms. The fourth-order valence-corrected chi connectivity index (χ4v) is 1.86. The number of hydrogen-bond donors (Lipinski definition) is 1. The Kier molecular flexibility index (Phi) is 4.18. The van der Waals surface area contributed by atoms with Crippen molar-refractivity contribution in [3.8, 4) is 11.5 Å². The van der Waals surface area contributed by atoms with Crippen LogP contribution in [-0.4, -0.2) is 17.5 Å². The second kappa shape index (κ2) is 6.05. The van der Waals surface area contributed by atoms with Gasteiger partial charge in [-0.25, -0.2) is 0 Å². The summed E-state index contributed by atoms with van der Waals surface area (Å²) in [5.41, 5.74) is 1.71. The van der Waals surface area contributed by atoms with Crippen LogP contribution in [0.15, 0.2) is 48.5 Å². The molecular formula is C16H16O3. The lowest BCUT2D eigenvalue weighted by atomic mass is 10.0. The molecule has 0 atom stereocenters. The first-order chi connectivity index (χ1) is 9.16. The Labute approximate surface area is 112 Å². The summed E-state index contributed by atoms with van der Waals surface area (Å²) in [6, 6.07) is 14.1. The minimum Gasteiger partial charge on any atom is -0.508 e. The van der Waals surface area contributed by atoms with Gasteiger partial charge in [-0.15, -0.1) is 0 Å². The largest absolute Gasteiger partial charge is 0.508 e. The van der Waals surface area contributed by atoms with Gasteiger partial charge < -0.3 is 9.84 Å². The van der Waals surface area contributed by atoms with Crippen molar-refractivity contribution in [3.05, 3.63) is 59.7 Å². The molecule has 0 aliphatic heterocycles. The summed E-state index contributed by atoms with van der Waals surface area (Å²) in [6.07, 6.45) is 0.320. The number of phenols is 1. The Morgan fingerprint density at radius 2 is 1.95 bits per heavy atom. The van der Waals surface area contributed by atoms with Crippen LogP contribution >= 0.6 is 0 Å². The molecule has 2 aromatic rings. The molecule has 0 aromatic heterocycles. The van der Waals surface area contributed by atoms with Gasteiger partial charge in [0.2, 0.25) is 0 Å². The molecule has 3 nitrogen and oxygen atoms in total. The van der Waals surface area contributed by atoms with E-state index in [1.165, 1.54) is 6.07 Å². The van der Waals surface area contributed by atoms with E-state index in [-0.39, 0.29) is 11.5 Å². The molecule has 0 saturated heterocycles. The van der Waals surface area contributed by atoms with Gasteiger partial charge in [0.25, 0.3) is 0 Å². The lowest BCUT2D eigenvalue weighted by Gasteiger charge is -2.07. The van der Waals surface area contributed by atoms with E-state index in [9.17, 15) is 9.90 Å². The number of phenolic OH excluding ortho intramolecular Hbond substituents is 1. The zero-order valence-electron chi connectivity index (χ0n) is 10.8. The number of benzene rings is 2. The molecule has 1 N–H and O–H groups in total. The second-order valence-corrected chi connectivity index (χ2v) is 4.33. The van der Waals surface area contributed by atoms with Crippen LogP contribution < -0.4 is 4.74 Å². The van der Waals surface area contributed by atoms with Crippen LogP contribution in [0.4, 0.5) is 0 Å². The number of aryl methyl sites for hydroxylation is 1. The first kappa shape index (κ1) is 13.1. The van der Waals surface area contributed by atoms with Gasteiger partial charge in [-0.3, -0.25) is 4.79 Å². The van der Waals surface area contributed by atoms with E-state index in [1.807, 2.05) is 31.2 Å². The van der Waals surface area contributed by atoms with Crippen LogP contribution in [0.2, 0.25) is 0 Å². The van der Waals surface area contributed by atoms with Crippen LogP contribution in [0.1, 0.15) is 22.3 Å². The molecule has 2 aromatic carbocycles. The molecular weight excluding hydrogens is 240 g/mol. The van der Waals surface area contributed by atoms with E-state index < -0.39 is 0 Å². The van der Waals surface area contributed by atoms with E-state index in [0.717, 1.165) is 11.1 Å². The topological polar surface area (TPSA) is 46.5 Å². The number of hydrogen-bond acceptors (Lipinski definition) is 3. The Bertz CT molecular complexity index is 576. The highest BCUT2D eigenvalue weighted by Gasteiger charge is 2.08. The standard InChI is InChI=1S/C16H16O3/c1-12-5-2-3-8-15(12)16(18)9-10-19-14-7-4-6-13(17)11-14/h2-8,11,17H,9-10H2,1H3. The van der Waals surface area contributed by atoms with Gasteiger partial charge in [0.05, 0.1) is 6.61 Å². The highest BCUT2D eigenvalue weighted by molar-refractivity contribution is 5.97. The number of Topliss-reactive ketones (excluding diaryl/α,β-unsaturated/α-hetero) is 1. The Morgan fingerprint density at radius 3 is 2.68 bits per heavy atom. The molecule has 0 heterocycles. The van der Waals surface area contributed by atoms with Gasteiger partial charge in [-0.1, -0.05) is 30.3 Å². The first-order valence-corrected chi connectivity index (χ1v) is 6.17. The smallest absolute Gasteiger partial charge is 0.166 e. The van der Waals surface area contributed by atoms with Gasteiger partial charge in [-0.2, -0.15) is 0 Å². The van der Waals surface area contributed by atoms with Crippen molar-refractivity contribution in [1.82, 2.24) is 0 Å². The maximum absolute atomic E-state index is 12.0. The lowest BCUT2D eigenvalue weighted by Crippen LogP contribution is -2.08. The number of aromatic hydroxyl groups is 1. The molecule has 0 aliphatic carbocycles. The average molecular weight is 256 g/mol. The zero-order chi connectivity index (χ0) is 13.7. The third kappa shape index (κ3) is 3.58. The number of carbonyl (C=O) groups is 1. The van der Waals surface area contributed by atoms with E-state index in [2.05, 4.69) is 0 Å². The predicted octanol–water partition coefficient (Wildman–Crippen LogP) is 3.35.